The summed E-state index contributed by atoms with van der Waals surface area (Å²) >= 11 is 0. The lowest BCUT2D eigenvalue weighted by atomic mass is 10.1. The lowest BCUT2D eigenvalue weighted by Crippen LogP contribution is -2.18. The molecule has 1 saturated heterocycles. The molecule has 1 aliphatic heterocycles. The summed E-state index contributed by atoms with van der Waals surface area (Å²) < 4.78 is 0. The molecule has 1 aliphatic rings. The summed E-state index contributed by atoms with van der Waals surface area (Å²) in [5, 5.41) is 9.82. The van der Waals surface area contributed by atoms with Crippen molar-refractivity contribution < 1.29 is 5.11 Å². The maximum Gasteiger partial charge on any atom is 0.123 e. The second-order valence-electron chi connectivity index (χ2n) is 4.07. The monoisotopic (exact) mass is 191 g/mol. The fourth-order valence-corrected chi connectivity index (χ4v) is 2.13. The van der Waals surface area contributed by atoms with E-state index in [0.29, 0.717) is 5.75 Å². The zero-order chi connectivity index (χ0) is 10.1. The van der Waals surface area contributed by atoms with Gasteiger partial charge in [-0.05, 0) is 38.3 Å². The molecule has 1 N–H and O–H groups in total. The second-order valence-corrected chi connectivity index (χ2v) is 4.07. The quantitative estimate of drug-likeness (QED) is 0.737. The highest BCUT2D eigenvalue weighted by Gasteiger charge is 2.16. The van der Waals surface area contributed by atoms with Crippen molar-refractivity contribution in [2.75, 3.05) is 18.0 Å². The Morgan fingerprint density at radius 3 is 2.43 bits per heavy atom. The maximum atomic E-state index is 9.82. The van der Waals surface area contributed by atoms with Gasteiger partial charge in [0.05, 0.1) is 0 Å². The van der Waals surface area contributed by atoms with Crippen LogP contribution in [0.1, 0.15) is 24.0 Å². The zero-order valence-corrected chi connectivity index (χ0v) is 8.88. The van der Waals surface area contributed by atoms with E-state index < -0.39 is 0 Å². The summed E-state index contributed by atoms with van der Waals surface area (Å²) in [7, 11) is 0. The van der Waals surface area contributed by atoms with Gasteiger partial charge < -0.3 is 10.0 Å². The van der Waals surface area contributed by atoms with E-state index in [1.54, 1.807) is 0 Å². The van der Waals surface area contributed by atoms with Gasteiger partial charge in [0.25, 0.3) is 0 Å². The number of aromatic hydroxyl groups is 1. The molecule has 1 heterocycles. The van der Waals surface area contributed by atoms with Gasteiger partial charge in [-0.1, -0.05) is 6.07 Å². The molecule has 0 radical (unpaired) electrons. The fraction of sp³-hybridized carbons (Fsp3) is 0.500. The number of rotatable bonds is 1. The van der Waals surface area contributed by atoms with E-state index >= 15 is 0 Å². The number of aryl methyl sites for hydroxylation is 1. The van der Waals surface area contributed by atoms with Crippen molar-refractivity contribution in [3.8, 4) is 5.75 Å². The Balaban J connectivity index is 2.38. The number of hydrogen-bond donors (Lipinski definition) is 1. The Bertz CT molecular complexity index is 340. The average Bonchev–Trinajstić information content (AvgIpc) is 2.67. The maximum absolute atomic E-state index is 9.82. The molecule has 2 nitrogen and oxygen atoms in total. The number of phenolic OH excluding ortho intramolecular Hbond substituents is 1. The van der Waals surface area contributed by atoms with E-state index in [0.717, 1.165) is 24.2 Å². The first-order chi connectivity index (χ1) is 6.70. The van der Waals surface area contributed by atoms with Crippen molar-refractivity contribution >= 4 is 5.69 Å². The number of anilines is 1. The van der Waals surface area contributed by atoms with E-state index in [1.165, 1.54) is 18.5 Å². The molecule has 0 amide bonds. The molecule has 0 aromatic heterocycles. The summed E-state index contributed by atoms with van der Waals surface area (Å²) in [5.74, 6) is 0.453. The molecule has 0 saturated carbocycles. The number of benzene rings is 1. The van der Waals surface area contributed by atoms with Crippen LogP contribution in [0.3, 0.4) is 0 Å². The molecular weight excluding hydrogens is 174 g/mol. The number of phenols is 1. The molecule has 0 aliphatic carbocycles. The van der Waals surface area contributed by atoms with Gasteiger partial charge in [0.15, 0.2) is 0 Å². The topological polar surface area (TPSA) is 23.5 Å². The molecule has 0 spiro atoms. The summed E-state index contributed by atoms with van der Waals surface area (Å²) in [6.07, 6.45) is 2.54. The Labute approximate surface area is 85.2 Å². The largest absolute Gasteiger partial charge is 0.507 e. The normalized spacial score (nSPS) is 16.3. The van der Waals surface area contributed by atoms with Gasteiger partial charge in [-0.15, -0.1) is 0 Å². The van der Waals surface area contributed by atoms with E-state index in [1.807, 2.05) is 19.9 Å². The van der Waals surface area contributed by atoms with Crippen LogP contribution in [0.5, 0.6) is 5.75 Å². The van der Waals surface area contributed by atoms with Crippen molar-refractivity contribution in [3.05, 3.63) is 23.3 Å². The Morgan fingerprint density at radius 2 is 1.79 bits per heavy atom. The van der Waals surface area contributed by atoms with Crippen molar-refractivity contribution in [3.63, 3.8) is 0 Å². The van der Waals surface area contributed by atoms with Crippen LogP contribution in [0, 0.1) is 13.8 Å². The summed E-state index contributed by atoms with van der Waals surface area (Å²) in [6.45, 7) is 6.19. The molecular formula is C12H17NO. The SMILES string of the molecule is Cc1ccc(N2CCCC2)c(C)c1O. The van der Waals surface area contributed by atoms with Gasteiger partial charge in [-0.25, -0.2) is 0 Å². The molecule has 1 aromatic carbocycles. The van der Waals surface area contributed by atoms with Crippen molar-refractivity contribution in [2.24, 2.45) is 0 Å². The van der Waals surface area contributed by atoms with E-state index in [-0.39, 0.29) is 0 Å². The second kappa shape index (κ2) is 3.52. The predicted octanol–water partition coefficient (Wildman–Crippen LogP) is 2.61. The molecule has 0 atom stereocenters. The molecule has 14 heavy (non-hydrogen) atoms. The van der Waals surface area contributed by atoms with Gasteiger partial charge in [-0.2, -0.15) is 0 Å². The van der Waals surface area contributed by atoms with Crippen molar-refractivity contribution in [2.45, 2.75) is 26.7 Å². The van der Waals surface area contributed by atoms with E-state index in [9.17, 15) is 5.11 Å². The van der Waals surface area contributed by atoms with Crippen LogP contribution >= 0.6 is 0 Å². The highest BCUT2D eigenvalue weighted by atomic mass is 16.3. The molecule has 1 fully saturated rings. The molecule has 1 aromatic rings. The minimum absolute atomic E-state index is 0.453. The van der Waals surface area contributed by atoms with E-state index in [4.69, 9.17) is 0 Å². The standard InChI is InChI=1S/C12H17NO/c1-9-5-6-11(10(2)12(9)14)13-7-3-4-8-13/h5-6,14H,3-4,7-8H2,1-2H3. The van der Waals surface area contributed by atoms with Crippen LogP contribution in [0.15, 0.2) is 12.1 Å². The third kappa shape index (κ3) is 1.45. The van der Waals surface area contributed by atoms with Gasteiger partial charge in [0, 0.05) is 24.3 Å². The van der Waals surface area contributed by atoms with Crippen molar-refractivity contribution in [1.82, 2.24) is 0 Å². The Morgan fingerprint density at radius 1 is 1.14 bits per heavy atom. The number of hydrogen-bond acceptors (Lipinski definition) is 2. The lowest BCUT2D eigenvalue weighted by molar-refractivity contribution is 0.467. The first kappa shape index (κ1) is 9.38. The highest BCUT2D eigenvalue weighted by Crippen LogP contribution is 2.32. The van der Waals surface area contributed by atoms with Crippen LogP contribution in [0.4, 0.5) is 5.69 Å². The van der Waals surface area contributed by atoms with Crippen LogP contribution in [-0.2, 0) is 0 Å². The predicted molar refractivity (Wildman–Crippen MR) is 59.0 cm³/mol. The first-order valence-electron chi connectivity index (χ1n) is 5.24. The van der Waals surface area contributed by atoms with Crippen LogP contribution in [0.25, 0.3) is 0 Å². The molecule has 0 bridgehead atoms. The molecule has 2 rings (SSSR count). The Kier molecular flexibility index (Phi) is 2.36. The third-order valence-electron chi connectivity index (χ3n) is 3.05. The summed E-state index contributed by atoms with van der Waals surface area (Å²) in [6, 6.07) is 4.12. The minimum atomic E-state index is 0.453. The lowest BCUT2D eigenvalue weighted by Gasteiger charge is -2.21. The van der Waals surface area contributed by atoms with Gasteiger partial charge in [-0.3, -0.25) is 0 Å². The van der Waals surface area contributed by atoms with Gasteiger partial charge >= 0.3 is 0 Å². The minimum Gasteiger partial charge on any atom is -0.507 e. The number of nitrogens with zero attached hydrogens (tertiary/aromatic N) is 1. The molecule has 76 valence electrons. The van der Waals surface area contributed by atoms with Gasteiger partial charge in [0.2, 0.25) is 0 Å². The van der Waals surface area contributed by atoms with Crippen LogP contribution in [0.2, 0.25) is 0 Å². The van der Waals surface area contributed by atoms with Gasteiger partial charge in [0.1, 0.15) is 5.75 Å². The summed E-state index contributed by atoms with van der Waals surface area (Å²) in [5.41, 5.74) is 3.18. The van der Waals surface area contributed by atoms with Crippen molar-refractivity contribution in [1.29, 1.82) is 0 Å². The fourth-order valence-electron chi connectivity index (χ4n) is 2.13. The van der Waals surface area contributed by atoms with E-state index in [2.05, 4.69) is 11.0 Å². The molecule has 2 heteroatoms. The molecule has 0 unspecified atom stereocenters. The highest BCUT2D eigenvalue weighted by molar-refractivity contribution is 5.61. The smallest absolute Gasteiger partial charge is 0.123 e. The van der Waals surface area contributed by atoms with Crippen LogP contribution in [-0.4, -0.2) is 18.2 Å². The summed E-state index contributed by atoms with van der Waals surface area (Å²) in [4.78, 5) is 2.36. The third-order valence-corrected chi connectivity index (χ3v) is 3.05. The zero-order valence-electron chi connectivity index (χ0n) is 8.88. The first-order valence-corrected chi connectivity index (χ1v) is 5.24. The Hall–Kier alpha value is -1.18. The van der Waals surface area contributed by atoms with Crippen LogP contribution < -0.4 is 4.90 Å². The average molecular weight is 191 g/mol.